The summed E-state index contributed by atoms with van der Waals surface area (Å²) in [6, 6.07) is 5.98. The van der Waals surface area contributed by atoms with Crippen LogP contribution in [0, 0.1) is 5.82 Å². The van der Waals surface area contributed by atoms with Gasteiger partial charge >= 0.3 is 0 Å². The van der Waals surface area contributed by atoms with Crippen LogP contribution in [0.2, 0.25) is 0 Å². The van der Waals surface area contributed by atoms with Crippen LogP contribution in [-0.4, -0.2) is 33.4 Å². The normalized spacial score (nSPS) is 19.6. The number of rotatable bonds is 5. The molecule has 0 radical (unpaired) electrons. The van der Waals surface area contributed by atoms with E-state index in [-0.39, 0.29) is 5.82 Å². The topological polar surface area (TPSA) is 54.8 Å². The highest BCUT2D eigenvalue weighted by Gasteiger charge is 2.17. The maximum absolute atomic E-state index is 14.1. The highest BCUT2D eigenvalue weighted by molar-refractivity contribution is 5.50. The maximum atomic E-state index is 14.1. The van der Waals surface area contributed by atoms with Gasteiger partial charge in [-0.25, -0.2) is 14.1 Å². The summed E-state index contributed by atoms with van der Waals surface area (Å²) in [4.78, 5) is 3.83. The maximum Gasteiger partial charge on any atom is 0.150 e. The van der Waals surface area contributed by atoms with Gasteiger partial charge in [-0.15, -0.1) is 0 Å². The lowest BCUT2D eigenvalue weighted by molar-refractivity contribution is 0.523. The molecule has 0 spiro atoms. The summed E-state index contributed by atoms with van der Waals surface area (Å²) in [5.41, 5.74) is 1.20. The van der Waals surface area contributed by atoms with E-state index in [0.717, 1.165) is 18.7 Å². The number of anilines is 1. The number of nitrogens with one attached hydrogen (secondary N) is 2. The fourth-order valence-electron chi connectivity index (χ4n) is 2.84. The molecule has 3 rings (SSSR count). The molecule has 5 nitrogen and oxygen atoms in total. The molecule has 21 heavy (non-hydrogen) atoms. The lowest BCUT2D eigenvalue weighted by Crippen LogP contribution is -2.29. The summed E-state index contributed by atoms with van der Waals surface area (Å²) in [6.07, 6.45) is 6.40. The van der Waals surface area contributed by atoms with Gasteiger partial charge in [0.25, 0.3) is 0 Å². The van der Waals surface area contributed by atoms with Crippen molar-refractivity contribution in [2.24, 2.45) is 0 Å². The highest BCUT2D eigenvalue weighted by Crippen LogP contribution is 2.19. The van der Waals surface area contributed by atoms with Crippen LogP contribution in [0.1, 0.15) is 26.2 Å². The molecule has 2 N–H and O–H groups in total. The van der Waals surface area contributed by atoms with E-state index in [9.17, 15) is 4.39 Å². The van der Waals surface area contributed by atoms with Gasteiger partial charge in [0.15, 0.2) is 5.82 Å². The number of nitrogens with zero attached hydrogens (tertiary/aromatic N) is 3. The quantitative estimate of drug-likeness (QED) is 0.887. The summed E-state index contributed by atoms with van der Waals surface area (Å²) >= 11 is 0. The highest BCUT2D eigenvalue weighted by atomic mass is 19.1. The second kappa shape index (κ2) is 6.22. The molecule has 1 aliphatic heterocycles. The fourth-order valence-corrected chi connectivity index (χ4v) is 2.84. The van der Waals surface area contributed by atoms with E-state index in [1.807, 2.05) is 6.07 Å². The number of aromatic nitrogens is 3. The van der Waals surface area contributed by atoms with E-state index < -0.39 is 0 Å². The third-order valence-corrected chi connectivity index (χ3v) is 3.83. The van der Waals surface area contributed by atoms with Gasteiger partial charge in [0.05, 0.1) is 0 Å². The standard InChI is InChI=1S/C15H20FN5/c1-11(7-12-3-2-6-18-12)20-13-4-5-15(14(16)8-13)21-10-17-9-19-21/h4-5,8-12,18,20H,2-3,6-7H2,1H3. The lowest BCUT2D eigenvalue weighted by Gasteiger charge is -2.19. The van der Waals surface area contributed by atoms with Crippen molar-refractivity contribution in [3.63, 3.8) is 0 Å². The Hall–Kier alpha value is -1.95. The largest absolute Gasteiger partial charge is 0.382 e. The Morgan fingerprint density at radius 3 is 3.10 bits per heavy atom. The van der Waals surface area contributed by atoms with Gasteiger partial charge in [-0.2, -0.15) is 5.10 Å². The Labute approximate surface area is 123 Å². The van der Waals surface area contributed by atoms with Crippen molar-refractivity contribution < 1.29 is 4.39 Å². The van der Waals surface area contributed by atoms with E-state index in [0.29, 0.717) is 17.8 Å². The summed E-state index contributed by atoms with van der Waals surface area (Å²) in [5, 5.41) is 10.8. The average Bonchev–Trinajstić information content (AvgIpc) is 3.11. The molecule has 2 heterocycles. The molecule has 0 amide bonds. The first-order valence-corrected chi connectivity index (χ1v) is 7.37. The molecule has 1 aromatic heterocycles. The van der Waals surface area contributed by atoms with Crippen LogP contribution >= 0.6 is 0 Å². The van der Waals surface area contributed by atoms with E-state index >= 15 is 0 Å². The Balaban J connectivity index is 1.64. The van der Waals surface area contributed by atoms with Gasteiger partial charge in [-0.05, 0) is 50.9 Å². The van der Waals surface area contributed by atoms with Crippen LogP contribution in [0.15, 0.2) is 30.9 Å². The third-order valence-electron chi connectivity index (χ3n) is 3.83. The molecule has 2 atom stereocenters. The molecule has 6 heteroatoms. The van der Waals surface area contributed by atoms with Crippen molar-refractivity contribution >= 4 is 5.69 Å². The van der Waals surface area contributed by atoms with Gasteiger partial charge in [-0.3, -0.25) is 0 Å². The molecular formula is C15H20FN5. The summed E-state index contributed by atoms with van der Waals surface area (Å²) < 4.78 is 15.5. The zero-order valence-corrected chi connectivity index (χ0v) is 12.1. The molecule has 1 fully saturated rings. The van der Waals surface area contributed by atoms with Crippen molar-refractivity contribution in [2.75, 3.05) is 11.9 Å². The van der Waals surface area contributed by atoms with Crippen LogP contribution in [0.3, 0.4) is 0 Å². The zero-order valence-electron chi connectivity index (χ0n) is 12.1. The van der Waals surface area contributed by atoms with Crippen molar-refractivity contribution in [1.29, 1.82) is 0 Å². The molecule has 2 aromatic rings. The first kappa shape index (κ1) is 14.0. The molecule has 1 aromatic carbocycles. The molecule has 2 unspecified atom stereocenters. The van der Waals surface area contributed by atoms with Crippen molar-refractivity contribution in [3.8, 4) is 5.69 Å². The van der Waals surface area contributed by atoms with Crippen molar-refractivity contribution in [3.05, 3.63) is 36.7 Å². The Morgan fingerprint density at radius 2 is 2.43 bits per heavy atom. The Bertz CT molecular complexity index is 578. The number of hydrogen-bond donors (Lipinski definition) is 2. The first-order chi connectivity index (χ1) is 10.2. The molecule has 0 aliphatic carbocycles. The minimum absolute atomic E-state index is 0.303. The second-order valence-electron chi connectivity index (χ2n) is 5.58. The van der Waals surface area contributed by atoms with Crippen LogP contribution < -0.4 is 10.6 Å². The van der Waals surface area contributed by atoms with Crippen molar-refractivity contribution in [1.82, 2.24) is 20.1 Å². The van der Waals surface area contributed by atoms with Crippen molar-refractivity contribution in [2.45, 2.75) is 38.3 Å². The number of benzene rings is 1. The van der Waals surface area contributed by atoms with Gasteiger partial charge in [0, 0.05) is 17.8 Å². The SMILES string of the molecule is CC(CC1CCCN1)Nc1ccc(-n2cncn2)c(F)c1. The van der Waals surface area contributed by atoms with Crippen LogP contribution in [0.4, 0.5) is 10.1 Å². The lowest BCUT2D eigenvalue weighted by atomic mass is 10.1. The van der Waals surface area contributed by atoms with Crippen LogP contribution in [0.25, 0.3) is 5.69 Å². The summed E-state index contributed by atoms with van der Waals surface area (Å²) in [6.45, 7) is 3.24. The molecule has 0 bridgehead atoms. The minimum atomic E-state index is -0.309. The van der Waals surface area contributed by atoms with E-state index in [2.05, 4.69) is 27.6 Å². The average molecular weight is 289 g/mol. The predicted octanol–water partition coefficient (Wildman–Crippen LogP) is 2.35. The number of halogens is 1. The van der Waals surface area contributed by atoms with Crippen LogP contribution in [0.5, 0.6) is 0 Å². The van der Waals surface area contributed by atoms with Gasteiger partial charge < -0.3 is 10.6 Å². The number of hydrogen-bond acceptors (Lipinski definition) is 4. The summed E-state index contributed by atoms with van der Waals surface area (Å²) in [7, 11) is 0. The second-order valence-corrected chi connectivity index (χ2v) is 5.58. The molecule has 1 aliphatic rings. The van der Waals surface area contributed by atoms with E-state index in [4.69, 9.17) is 0 Å². The predicted molar refractivity (Wildman–Crippen MR) is 80.0 cm³/mol. The fraction of sp³-hybridized carbons (Fsp3) is 0.467. The Morgan fingerprint density at radius 1 is 1.52 bits per heavy atom. The molecule has 0 saturated carbocycles. The minimum Gasteiger partial charge on any atom is -0.382 e. The molecule has 1 saturated heterocycles. The van der Waals surface area contributed by atoms with E-state index in [1.54, 1.807) is 6.07 Å². The Kier molecular flexibility index (Phi) is 4.15. The van der Waals surface area contributed by atoms with E-state index in [1.165, 1.54) is 36.2 Å². The van der Waals surface area contributed by atoms with Gasteiger partial charge in [-0.1, -0.05) is 0 Å². The van der Waals surface area contributed by atoms with Crippen LogP contribution in [-0.2, 0) is 0 Å². The molecular weight excluding hydrogens is 269 g/mol. The summed E-state index contributed by atoms with van der Waals surface area (Å²) in [5.74, 6) is -0.309. The smallest absolute Gasteiger partial charge is 0.150 e. The van der Waals surface area contributed by atoms with Gasteiger partial charge in [0.1, 0.15) is 18.3 Å². The first-order valence-electron chi connectivity index (χ1n) is 7.37. The monoisotopic (exact) mass is 289 g/mol. The third kappa shape index (κ3) is 3.39. The van der Waals surface area contributed by atoms with Gasteiger partial charge in [0.2, 0.25) is 0 Å². The molecule has 112 valence electrons. The zero-order chi connectivity index (χ0) is 14.7.